The lowest BCUT2D eigenvalue weighted by Gasteiger charge is -2.20. The molecule has 0 aromatic carbocycles. The van der Waals surface area contributed by atoms with Crippen molar-refractivity contribution in [3.05, 3.63) is 29.1 Å². The second-order valence-electron chi connectivity index (χ2n) is 6.25. The summed E-state index contributed by atoms with van der Waals surface area (Å²) in [7, 11) is 0. The Morgan fingerprint density at radius 1 is 1.29 bits per heavy atom. The molecule has 1 aliphatic rings. The van der Waals surface area contributed by atoms with E-state index in [2.05, 4.69) is 15.6 Å². The summed E-state index contributed by atoms with van der Waals surface area (Å²) >= 11 is 0. The van der Waals surface area contributed by atoms with Gasteiger partial charge in [0.15, 0.2) is 11.6 Å². The summed E-state index contributed by atoms with van der Waals surface area (Å²) in [6.07, 6.45) is 1.13. The van der Waals surface area contributed by atoms with Gasteiger partial charge in [-0.05, 0) is 20.8 Å². The number of allylic oxidation sites excluding steroid dienone is 2. The number of nitrogens with zero attached hydrogens (tertiary/aromatic N) is 1. The molecule has 0 fully saturated rings. The van der Waals surface area contributed by atoms with E-state index >= 15 is 0 Å². The summed E-state index contributed by atoms with van der Waals surface area (Å²) in [6, 6.07) is 0. The van der Waals surface area contributed by atoms with E-state index in [1.54, 1.807) is 20.8 Å². The van der Waals surface area contributed by atoms with Crippen LogP contribution in [0.3, 0.4) is 0 Å². The monoisotopic (exact) mass is 335 g/mol. The molecule has 0 unspecified atom stereocenters. The van der Waals surface area contributed by atoms with Crippen LogP contribution in [0.15, 0.2) is 16.2 Å². The molecule has 1 amide bonds. The Kier molecular flexibility index (Phi) is 5.06. The maximum absolute atomic E-state index is 12.3. The fraction of sp³-hybridized carbons (Fsp3) is 0.500. The van der Waals surface area contributed by atoms with E-state index in [1.165, 1.54) is 6.08 Å². The minimum atomic E-state index is -0.577. The van der Waals surface area contributed by atoms with Gasteiger partial charge < -0.3 is 19.8 Å². The molecule has 0 bridgehead atoms. The molecular formula is C16H21N3O5. The van der Waals surface area contributed by atoms with Crippen LogP contribution in [-0.4, -0.2) is 41.3 Å². The van der Waals surface area contributed by atoms with E-state index in [9.17, 15) is 14.4 Å². The number of aryl methyl sites for hydroxylation is 1. The molecule has 130 valence electrons. The Morgan fingerprint density at radius 2 is 2.00 bits per heavy atom. The molecule has 1 aromatic rings. The number of nitrogens with one attached hydrogen (secondary N) is 2. The van der Waals surface area contributed by atoms with Crippen LogP contribution in [0.1, 0.15) is 54.6 Å². The van der Waals surface area contributed by atoms with Gasteiger partial charge in [-0.3, -0.25) is 9.59 Å². The zero-order chi connectivity index (χ0) is 17.9. The van der Waals surface area contributed by atoms with Crippen LogP contribution in [0.4, 0.5) is 4.79 Å². The Morgan fingerprint density at radius 3 is 2.62 bits per heavy atom. The molecule has 0 aliphatic heterocycles. The van der Waals surface area contributed by atoms with Crippen molar-refractivity contribution in [2.24, 2.45) is 0 Å². The summed E-state index contributed by atoms with van der Waals surface area (Å²) < 4.78 is 10.4. The van der Waals surface area contributed by atoms with Crippen molar-refractivity contribution >= 4 is 17.7 Å². The SMILES string of the molecule is CCc1nc2c(o1)C(=O)C=C(NCCNC(=O)OC(C)(C)C)C2=O. The Bertz CT molecular complexity index is 697. The number of aromatic nitrogens is 1. The van der Waals surface area contributed by atoms with Gasteiger partial charge in [-0.15, -0.1) is 0 Å². The molecular weight excluding hydrogens is 314 g/mol. The third kappa shape index (κ3) is 4.21. The summed E-state index contributed by atoms with van der Waals surface area (Å²) in [5.41, 5.74) is -0.414. The van der Waals surface area contributed by atoms with E-state index in [0.29, 0.717) is 12.3 Å². The predicted octanol–water partition coefficient (Wildman–Crippen LogP) is 1.61. The number of hydrogen-bond donors (Lipinski definition) is 2. The van der Waals surface area contributed by atoms with E-state index in [4.69, 9.17) is 9.15 Å². The van der Waals surface area contributed by atoms with E-state index < -0.39 is 23.3 Å². The van der Waals surface area contributed by atoms with Gasteiger partial charge in [0.2, 0.25) is 17.3 Å². The van der Waals surface area contributed by atoms with Crippen LogP contribution in [-0.2, 0) is 11.2 Å². The Labute approximate surface area is 139 Å². The first kappa shape index (κ1) is 17.7. The number of ketones is 2. The number of hydrogen-bond acceptors (Lipinski definition) is 7. The van der Waals surface area contributed by atoms with E-state index in [0.717, 1.165) is 0 Å². The summed E-state index contributed by atoms with van der Waals surface area (Å²) in [5, 5.41) is 5.38. The molecule has 0 saturated heterocycles. The van der Waals surface area contributed by atoms with Gasteiger partial charge in [-0.1, -0.05) is 6.92 Å². The number of oxazole rings is 1. The zero-order valence-corrected chi connectivity index (χ0v) is 14.2. The first-order chi connectivity index (χ1) is 11.2. The fourth-order valence-corrected chi connectivity index (χ4v) is 2.03. The largest absolute Gasteiger partial charge is 0.444 e. The van der Waals surface area contributed by atoms with Crippen molar-refractivity contribution in [2.75, 3.05) is 13.1 Å². The molecule has 0 atom stereocenters. The highest BCUT2D eigenvalue weighted by Gasteiger charge is 2.31. The number of amides is 1. The summed E-state index contributed by atoms with van der Waals surface area (Å²) in [5.74, 6) is -0.470. The molecule has 0 saturated carbocycles. The molecule has 24 heavy (non-hydrogen) atoms. The van der Waals surface area contributed by atoms with E-state index in [-0.39, 0.29) is 30.2 Å². The first-order valence-corrected chi connectivity index (χ1v) is 7.72. The Hall–Kier alpha value is -2.64. The molecule has 1 heterocycles. The lowest BCUT2D eigenvalue weighted by Crippen LogP contribution is -2.37. The van der Waals surface area contributed by atoms with Crippen molar-refractivity contribution < 1.29 is 23.5 Å². The van der Waals surface area contributed by atoms with Gasteiger partial charge in [0.05, 0.1) is 5.70 Å². The number of rotatable bonds is 5. The highest BCUT2D eigenvalue weighted by Crippen LogP contribution is 2.21. The normalized spacial score (nSPS) is 14.1. The molecule has 0 radical (unpaired) electrons. The number of fused-ring (bicyclic) bond motifs is 1. The lowest BCUT2D eigenvalue weighted by atomic mass is 10.0. The minimum Gasteiger partial charge on any atom is -0.444 e. The molecule has 8 heteroatoms. The van der Waals surface area contributed by atoms with E-state index in [1.807, 2.05) is 6.92 Å². The molecule has 2 rings (SSSR count). The third-order valence-electron chi connectivity index (χ3n) is 3.04. The van der Waals surface area contributed by atoms with Crippen molar-refractivity contribution in [3.63, 3.8) is 0 Å². The first-order valence-electron chi connectivity index (χ1n) is 7.72. The fourth-order valence-electron chi connectivity index (χ4n) is 2.03. The smallest absolute Gasteiger partial charge is 0.407 e. The lowest BCUT2D eigenvalue weighted by molar-refractivity contribution is 0.0528. The summed E-state index contributed by atoms with van der Waals surface area (Å²) in [4.78, 5) is 39.8. The van der Waals surface area contributed by atoms with Crippen LogP contribution in [0.5, 0.6) is 0 Å². The van der Waals surface area contributed by atoms with Gasteiger partial charge in [0, 0.05) is 25.6 Å². The highest BCUT2D eigenvalue weighted by molar-refractivity contribution is 6.22. The maximum Gasteiger partial charge on any atom is 0.407 e. The number of Topliss-reactive ketones (excluding diaryl/α,β-unsaturated/α-hetero) is 1. The average Bonchev–Trinajstić information content (AvgIpc) is 2.91. The van der Waals surface area contributed by atoms with Gasteiger partial charge in [0.25, 0.3) is 0 Å². The van der Waals surface area contributed by atoms with Crippen molar-refractivity contribution in [1.29, 1.82) is 0 Å². The number of carbonyl (C=O) groups excluding carboxylic acids is 3. The molecule has 8 nitrogen and oxygen atoms in total. The number of alkyl carbamates (subject to hydrolysis) is 1. The molecule has 1 aliphatic carbocycles. The average molecular weight is 335 g/mol. The minimum absolute atomic E-state index is 0.0192. The Balaban J connectivity index is 1.89. The summed E-state index contributed by atoms with van der Waals surface area (Å²) in [6.45, 7) is 7.62. The topological polar surface area (TPSA) is 111 Å². The molecule has 2 N–H and O–H groups in total. The van der Waals surface area contributed by atoms with Gasteiger partial charge in [-0.25, -0.2) is 9.78 Å². The second kappa shape index (κ2) is 6.86. The van der Waals surface area contributed by atoms with Gasteiger partial charge >= 0.3 is 6.09 Å². The quantitative estimate of drug-likeness (QED) is 0.786. The second-order valence-corrected chi connectivity index (χ2v) is 6.25. The molecule has 1 aromatic heterocycles. The van der Waals surface area contributed by atoms with Crippen LogP contribution < -0.4 is 10.6 Å². The van der Waals surface area contributed by atoms with Crippen LogP contribution in [0.2, 0.25) is 0 Å². The zero-order valence-electron chi connectivity index (χ0n) is 14.2. The predicted molar refractivity (Wildman–Crippen MR) is 84.9 cm³/mol. The number of carbonyl (C=O) groups is 3. The van der Waals surface area contributed by atoms with Gasteiger partial charge in [0.1, 0.15) is 5.60 Å². The highest BCUT2D eigenvalue weighted by atomic mass is 16.6. The van der Waals surface area contributed by atoms with Crippen LogP contribution in [0, 0.1) is 0 Å². The standard InChI is InChI=1S/C16H21N3O5/c1-5-11-19-12-13(21)9(8-10(20)14(12)23-11)17-6-7-18-15(22)24-16(2,3)4/h8,17H,5-7H2,1-4H3,(H,18,22). The van der Waals surface area contributed by atoms with Crippen LogP contribution in [0.25, 0.3) is 0 Å². The number of ether oxygens (including phenoxy) is 1. The third-order valence-corrected chi connectivity index (χ3v) is 3.04. The van der Waals surface area contributed by atoms with Crippen molar-refractivity contribution in [3.8, 4) is 0 Å². The van der Waals surface area contributed by atoms with Crippen molar-refractivity contribution in [2.45, 2.75) is 39.7 Å². The van der Waals surface area contributed by atoms with Crippen molar-refractivity contribution in [1.82, 2.24) is 15.6 Å². The maximum atomic E-state index is 12.3. The molecule has 0 spiro atoms. The van der Waals surface area contributed by atoms with Crippen LogP contribution >= 0.6 is 0 Å². The van der Waals surface area contributed by atoms with Gasteiger partial charge in [-0.2, -0.15) is 0 Å².